The minimum Gasteiger partial charge on any atom is -0.309 e. The molecule has 0 bridgehead atoms. The maximum atomic E-state index is 12.2. The maximum absolute atomic E-state index is 12.2. The second kappa shape index (κ2) is 6.21. The van der Waals surface area contributed by atoms with Crippen LogP contribution in [0.1, 0.15) is 11.1 Å². The molecule has 2 aromatic rings. The Morgan fingerprint density at radius 1 is 1.25 bits per heavy atom. The number of fused-ring (bicyclic) bond motifs is 1. The van der Waals surface area contributed by atoms with Crippen molar-refractivity contribution < 1.29 is 9.72 Å². The van der Waals surface area contributed by atoms with Crippen LogP contribution in [0, 0.1) is 10.1 Å². The van der Waals surface area contributed by atoms with E-state index in [2.05, 4.69) is 10.2 Å². The summed E-state index contributed by atoms with van der Waals surface area (Å²) >= 11 is 5.76. The third-order valence-electron chi connectivity index (χ3n) is 3.56. The van der Waals surface area contributed by atoms with Gasteiger partial charge in [0.15, 0.2) is 5.71 Å². The first kappa shape index (κ1) is 15.8. The SMILES string of the molecule is CN1C(=O)/C(=N/N=C\c2ccc(Cl)c([N+](=O)[O-])c2)c2ccccc21. The van der Waals surface area contributed by atoms with E-state index < -0.39 is 4.92 Å². The van der Waals surface area contributed by atoms with E-state index in [9.17, 15) is 14.9 Å². The van der Waals surface area contributed by atoms with E-state index >= 15 is 0 Å². The van der Waals surface area contributed by atoms with Gasteiger partial charge < -0.3 is 4.90 Å². The van der Waals surface area contributed by atoms with E-state index in [0.717, 1.165) is 5.69 Å². The summed E-state index contributed by atoms with van der Waals surface area (Å²) in [5.41, 5.74) is 1.94. The highest BCUT2D eigenvalue weighted by Crippen LogP contribution is 2.27. The van der Waals surface area contributed by atoms with Crippen molar-refractivity contribution in [2.45, 2.75) is 0 Å². The number of nitro benzene ring substituents is 1. The number of hydrogen-bond acceptors (Lipinski definition) is 5. The fourth-order valence-electron chi connectivity index (χ4n) is 2.35. The quantitative estimate of drug-likeness (QED) is 0.488. The lowest BCUT2D eigenvalue weighted by atomic mass is 10.1. The number of anilines is 1. The molecule has 120 valence electrons. The first-order chi connectivity index (χ1) is 11.5. The lowest BCUT2D eigenvalue weighted by molar-refractivity contribution is -0.384. The van der Waals surface area contributed by atoms with E-state index in [1.54, 1.807) is 19.2 Å². The molecule has 3 rings (SSSR count). The summed E-state index contributed by atoms with van der Waals surface area (Å²) in [6.07, 6.45) is 1.34. The van der Waals surface area contributed by atoms with Crippen LogP contribution in [0.15, 0.2) is 52.7 Å². The van der Waals surface area contributed by atoms with Gasteiger partial charge in [0.25, 0.3) is 11.6 Å². The average Bonchev–Trinajstić information content (AvgIpc) is 2.81. The summed E-state index contributed by atoms with van der Waals surface area (Å²) in [6.45, 7) is 0. The molecule has 1 amide bonds. The molecule has 0 unspecified atom stereocenters. The summed E-state index contributed by atoms with van der Waals surface area (Å²) in [5.74, 6) is -0.254. The Hall–Kier alpha value is -3.06. The first-order valence-corrected chi connectivity index (χ1v) is 7.29. The second-order valence-corrected chi connectivity index (χ2v) is 5.45. The number of nitrogens with zero attached hydrogens (tertiary/aromatic N) is 4. The van der Waals surface area contributed by atoms with Crippen LogP contribution in [0.5, 0.6) is 0 Å². The molecule has 8 heteroatoms. The van der Waals surface area contributed by atoms with Gasteiger partial charge in [-0.25, -0.2) is 0 Å². The van der Waals surface area contributed by atoms with Gasteiger partial charge >= 0.3 is 0 Å². The van der Waals surface area contributed by atoms with Crippen molar-refractivity contribution in [1.29, 1.82) is 0 Å². The molecule has 24 heavy (non-hydrogen) atoms. The topological polar surface area (TPSA) is 88.2 Å². The molecule has 0 saturated heterocycles. The number of carbonyl (C=O) groups excluding carboxylic acids is 1. The van der Waals surface area contributed by atoms with Crippen molar-refractivity contribution in [1.82, 2.24) is 0 Å². The van der Waals surface area contributed by atoms with Gasteiger partial charge in [-0.1, -0.05) is 35.9 Å². The Morgan fingerprint density at radius 2 is 2.00 bits per heavy atom. The normalized spacial score (nSPS) is 15.3. The molecular formula is C16H11ClN4O3. The summed E-state index contributed by atoms with van der Waals surface area (Å²) in [6, 6.07) is 11.5. The van der Waals surface area contributed by atoms with Gasteiger partial charge in [0, 0.05) is 24.2 Å². The smallest absolute Gasteiger partial charge is 0.288 e. The fourth-order valence-corrected chi connectivity index (χ4v) is 2.54. The number of nitro groups is 1. The number of carbonyl (C=O) groups is 1. The largest absolute Gasteiger partial charge is 0.309 e. The molecule has 0 fully saturated rings. The van der Waals surface area contributed by atoms with E-state index in [4.69, 9.17) is 11.6 Å². The van der Waals surface area contributed by atoms with Crippen LogP contribution >= 0.6 is 11.6 Å². The van der Waals surface area contributed by atoms with Gasteiger partial charge in [0.1, 0.15) is 5.02 Å². The number of halogens is 1. The molecule has 2 aromatic carbocycles. The second-order valence-electron chi connectivity index (χ2n) is 5.04. The molecule has 0 aliphatic carbocycles. The van der Waals surface area contributed by atoms with Crippen LogP contribution < -0.4 is 4.90 Å². The molecule has 0 saturated carbocycles. The Morgan fingerprint density at radius 3 is 2.75 bits per heavy atom. The predicted molar refractivity (Wildman–Crippen MR) is 92.1 cm³/mol. The Balaban J connectivity index is 1.91. The molecular weight excluding hydrogens is 332 g/mol. The van der Waals surface area contributed by atoms with Crippen molar-refractivity contribution in [2.24, 2.45) is 10.2 Å². The van der Waals surface area contributed by atoms with E-state index in [1.165, 1.54) is 23.2 Å². The molecule has 0 N–H and O–H groups in total. The molecule has 0 atom stereocenters. The third-order valence-corrected chi connectivity index (χ3v) is 3.88. The molecule has 0 aromatic heterocycles. The minimum atomic E-state index is -0.572. The number of amides is 1. The maximum Gasteiger partial charge on any atom is 0.288 e. The van der Waals surface area contributed by atoms with Gasteiger partial charge in [-0.3, -0.25) is 14.9 Å². The van der Waals surface area contributed by atoms with Gasteiger partial charge in [0.2, 0.25) is 0 Å². The van der Waals surface area contributed by atoms with Crippen LogP contribution in [0.3, 0.4) is 0 Å². The van der Waals surface area contributed by atoms with Crippen LogP contribution in [-0.4, -0.2) is 29.8 Å². The molecule has 1 aliphatic rings. The van der Waals surface area contributed by atoms with Gasteiger partial charge in [-0.2, -0.15) is 5.10 Å². The number of likely N-dealkylation sites (N-methyl/N-ethyl adjacent to an activating group) is 1. The van der Waals surface area contributed by atoms with E-state index in [1.807, 2.05) is 18.2 Å². The van der Waals surface area contributed by atoms with Crippen molar-refractivity contribution in [3.05, 3.63) is 68.7 Å². The van der Waals surface area contributed by atoms with E-state index in [-0.39, 0.29) is 22.3 Å². The van der Waals surface area contributed by atoms with Crippen molar-refractivity contribution >= 4 is 40.8 Å². The zero-order valence-corrected chi connectivity index (χ0v) is 13.3. The number of para-hydroxylation sites is 1. The molecule has 7 nitrogen and oxygen atoms in total. The number of hydrogen-bond donors (Lipinski definition) is 0. The molecule has 1 aliphatic heterocycles. The summed E-state index contributed by atoms with van der Waals surface area (Å²) < 4.78 is 0. The van der Waals surface area contributed by atoms with Gasteiger partial charge in [-0.15, -0.1) is 5.10 Å². The van der Waals surface area contributed by atoms with Crippen LogP contribution in [0.2, 0.25) is 5.02 Å². The lowest BCUT2D eigenvalue weighted by Gasteiger charge is -2.07. The number of rotatable bonds is 3. The molecule has 1 heterocycles. The Kier molecular flexibility index (Phi) is 4.09. The highest BCUT2D eigenvalue weighted by molar-refractivity contribution is 6.54. The monoisotopic (exact) mass is 342 g/mol. The Labute approximate surface area is 142 Å². The standard InChI is InChI=1S/C16H11ClN4O3/c1-20-13-5-3-2-4-11(13)15(16(20)22)19-18-9-10-6-7-12(17)14(8-10)21(23)24/h2-9H,1H3/b18-9-,19-15+. The Bertz CT molecular complexity index is 908. The van der Waals surface area contributed by atoms with Crippen molar-refractivity contribution in [2.75, 3.05) is 11.9 Å². The summed E-state index contributed by atoms with van der Waals surface area (Å²) in [7, 11) is 1.66. The fraction of sp³-hybridized carbons (Fsp3) is 0.0625. The lowest BCUT2D eigenvalue weighted by Crippen LogP contribution is -2.25. The molecule has 0 spiro atoms. The van der Waals surface area contributed by atoms with Gasteiger partial charge in [-0.05, 0) is 12.1 Å². The average molecular weight is 343 g/mol. The summed E-state index contributed by atoms with van der Waals surface area (Å²) in [4.78, 5) is 24.0. The zero-order valence-electron chi connectivity index (χ0n) is 12.5. The van der Waals surface area contributed by atoms with Crippen molar-refractivity contribution in [3.8, 4) is 0 Å². The zero-order chi connectivity index (χ0) is 17.3. The first-order valence-electron chi connectivity index (χ1n) is 6.91. The van der Waals surface area contributed by atoms with Crippen molar-refractivity contribution in [3.63, 3.8) is 0 Å². The van der Waals surface area contributed by atoms with E-state index in [0.29, 0.717) is 11.1 Å². The van der Waals surface area contributed by atoms with Crippen LogP contribution in [-0.2, 0) is 4.79 Å². The predicted octanol–water partition coefficient (Wildman–Crippen LogP) is 3.05. The summed E-state index contributed by atoms with van der Waals surface area (Å²) in [5, 5.41) is 18.8. The highest BCUT2D eigenvalue weighted by Gasteiger charge is 2.30. The number of benzene rings is 2. The minimum absolute atomic E-state index is 0.0463. The van der Waals surface area contributed by atoms with Crippen LogP contribution in [0.4, 0.5) is 11.4 Å². The van der Waals surface area contributed by atoms with Crippen LogP contribution in [0.25, 0.3) is 0 Å². The van der Waals surface area contributed by atoms with Gasteiger partial charge in [0.05, 0.1) is 16.8 Å². The molecule has 0 radical (unpaired) electrons. The highest BCUT2D eigenvalue weighted by atomic mass is 35.5. The third kappa shape index (κ3) is 2.77.